The van der Waals surface area contributed by atoms with E-state index in [-0.39, 0.29) is 11.1 Å². The van der Waals surface area contributed by atoms with Gasteiger partial charge < -0.3 is 10.4 Å². The number of carbonyl (C=O) groups is 2. The maximum absolute atomic E-state index is 11.7. The Morgan fingerprint density at radius 3 is 2.11 bits per heavy atom. The summed E-state index contributed by atoms with van der Waals surface area (Å²) in [6.07, 6.45) is 4.57. The second-order valence-corrected chi connectivity index (χ2v) is 3.65. The Hall–Kier alpha value is -2.36. The van der Waals surface area contributed by atoms with Gasteiger partial charge in [-0.15, -0.1) is 0 Å². The third-order valence-electron chi connectivity index (χ3n) is 1.96. The molecule has 0 bridgehead atoms. The smallest absolute Gasteiger partial charge is 0.336 e. The lowest BCUT2D eigenvalue weighted by Gasteiger charge is -2.07. The van der Waals surface area contributed by atoms with Crippen LogP contribution in [0.3, 0.4) is 0 Å². The third-order valence-corrected chi connectivity index (χ3v) is 1.96. The molecule has 0 rings (SSSR count). The van der Waals surface area contributed by atoms with Crippen molar-refractivity contribution in [1.29, 1.82) is 0 Å². The van der Waals surface area contributed by atoms with Crippen LogP contribution in [-0.2, 0) is 9.59 Å². The second kappa shape index (κ2) is 7.06. The van der Waals surface area contributed by atoms with Gasteiger partial charge in [-0.1, -0.05) is 37.5 Å². The van der Waals surface area contributed by atoms with Crippen LogP contribution >= 0.6 is 0 Å². The molecule has 18 heavy (non-hydrogen) atoms. The van der Waals surface area contributed by atoms with Crippen molar-refractivity contribution in [1.82, 2.24) is 5.32 Å². The summed E-state index contributed by atoms with van der Waals surface area (Å²) in [5.74, 6) is -1.79. The van der Waals surface area contributed by atoms with Crippen molar-refractivity contribution in [3.63, 3.8) is 0 Å². The summed E-state index contributed by atoms with van der Waals surface area (Å²) in [7, 11) is 0. The summed E-state index contributed by atoms with van der Waals surface area (Å²) in [6, 6.07) is 0. The van der Waals surface area contributed by atoms with Gasteiger partial charge in [-0.25, -0.2) is 4.79 Å². The largest absolute Gasteiger partial charge is 0.478 e. The Bertz CT molecular complexity index is 467. The van der Waals surface area contributed by atoms with Gasteiger partial charge in [0.2, 0.25) is 0 Å². The van der Waals surface area contributed by atoms with Gasteiger partial charge in [0.25, 0.3) is 5.91 Å². The molecule has 0 aliphatic heterocycles. The van der Waals surface area contributed by atoms with E-state index < -0.39 is 11.9 Å². The molecule has 1 amide bonds. The van der Waals surface area contributed by atoms with Crippen LogP contribution in [0.15, 0.2) is 60.4 Å². The molecule has 0 saturated heterocycles. The van der Waals surface area contributed by atoms with Crippen LogP contribution in [0.25, 0.3) is 0 Å². The molecule has 2 N–H and O–H groups in total. The van der Waals surface area contributed by atoms with E-state index in [1.165, 1.54) is 13.0 Å². The van der Waals surface area contributed by atoms with Gasteiger partial charge in [-0.2, -0.15) is 0 Å². The molecule has 0 spiro atoms. The average molecular weight is 247 g/mol. The molecule has 0 saturated carbocycles. The van der Waals surface area contributed by atoms with Crippen molar-refractivity contribution in [2.24, 2.45) is 0 Å². The van der Waals surface area contributed by atoms with Gasteiger partial charge >= 0.3 is 5.97 Å². The van der Waals surface area contributed by atoms with E-state index in [2.05, 4.69) is 25.1 Å². The first-order chi connectivity index (χ1) is 8.29. The molecule has 0 fully saturated rings. The van der Waals surface area contributed by atoms with Crippen molar-refractivity contribution in [2.45, 2.75) is 13.8 Å². The fourth-order valence-electron chi connectivity index (χ4n) is 1.05. The number of rotatable bonds is 6. The number of nitrogens with one attached hydrogen (secondary N) is 1. The van der Waals surface area contributed by atoms with Gasteiger partial charge in [-0.05, 0) is 19.9 Å². The van der Waals surface area contributed by atoms with E-state index in [9.17, 15) is 9.59 Å². The van der Waals surface area contributed by atoms with Crippen LogP contribution in [-0.4, -0.2) is 17.0 Å². The topological polar surface area (TPSA) is 66.4 Å². The van der Waals surface area contributed by atoms with Crippen molar-refractivity contribution in [2.75, 3.05) is 0 Å². The molecule has 0 radical (unpaired) electrons. The van der Waals surface area contributed by atoms with Gasteiger partial charge in [0, 0.05) is 11.3 Å². The number of amides is 1. The molecular formula is C14H17NO3. The Balaban J connectivity index is 4.70. The molecule has 0 heterocycles. The number of aliphatic carboxylic acids is 1. The first-order valence-corrected chi connectivity index (χ1v) is 5.22. The molecule has 0 aromatic rings. The lowest BCUT2D eigenvalue weighted by atomic mass is 10.1. The highest BCUT2D eigenvalue weighted by Gasteiger charge is 2.17. The van der Waals surface area contributed by atoms with E-state index in [1.54, 1.807) is 19.1 Å². The molecule has 4 heteroatoms. The summed E-state index contributed by atoms with van der Waals surface area (Å²) in [5, 5.41) is 11.3. The maximum Gasteiger partial charge on any atom is 0.336 e. The van der Waals surface area contributed by atoms with E-state index in [4.69, 9.17) is 5.11 Å². The van der Waals surface area contributed by atoms with Gasteiger partial charge in [0.1, 0.15) is 0 Å². The molecule has 4 nitrogen and oxygen atoms in total. The standard InChI is InChI=1S/C14H17NO3/c1-6-12(14(17)18)11(5)13(16)15-10(4)8-7-9(2)3/h6-8H,2,4-5H2,1,3H3,(H,15,16)(H,17,18). The van der Waals surface area contributed by atoms with Crippen LogP contribution in [0.2, 0.25) is 0 Å². The number of carbonyl (C=O) groups excluding carboxylic acids is 1. The lowest BCUT2D eigenvalue weighted by Crippen LogP contribution is -2.25. The van der Waals surface area contributed by atoms with Crippen LogP contribution in [0.5, 0.6) is 0 Å². The molecule has 0 aromatic heterocycles. The summed E-state index contributed by atoms with van der Waals surface area (Å²) in [4.78, 5) is 22.5. The maximum atomic E-state index is 11.7. The van der Waals surface area contributed by atoms with Crippen molar-refractivity contribution < 1.29 is 14.7 Å². The zero-order chi connectivity index (χ0) is 14.3. The van der Waals surface area contributed by atoms with Crippen LogP contribution < -0.4 is 5.32 Å². The van der Waals surface area contributed by atoms with Crippen molar-refractivity contribution in [3.8, 4) is 0 Å². The van der Waals surface area contributed by atoms with E-state index in [0.717, 1.165) is 5.57 Å². The predicted molar refractivity (Wildman–Crippen MR) is 71.8 cm³/mol. The number of hydrogen-bond donors (Lipinski definition) is 2. The molecule has 0 aliphatic carbocycles. The first kappa shape index (κ1) is 15.6. The van der Waals surface area contributed by atoms with Crippen LogP contribution in [0.1, 0.15) is 13.8 Å². The second-order valence-electron chi connectivity index (χ2n) is 3.65. The molecule has 96 valence electrons. The van der Waals surface area contributed by atoms with E-state index in [0.29, 0.717) is 5.70 Å². The van der Waals surface area contributed by atoms with Gasteiger partial charge in [0.15, 0.2) is 0 Å². The molecule has 0 unspecified atom stereocenters. The number of hydrogen-bond acceptors (Lipinski definition) is 2. The Morgan fingerprint density at radius 2 is 1.72 bits per heavy atom. The lowest BCUT2D eigenvalue weighted by molar-refractivity contribution is -0.133. The number of carboxylic acid groups (broad SMARTS) is 1. The minimum atomic E-state index is -1.19. The SMILES string of the molecule is C=C(C)C=CC(=C)NC(=O)C(=C)C(=CC)C(=O)O. The quantitative estimate of drug-likeness (QED) is 0.559. The molecule has 0 aliphatic rings. The van der Waals surface area contributed by atoms with Gasteiger partial charge in [0.05, 0.1) is 5.57 Å². The average Bonchev–Trinajstić information content (AvgIpc) is 2.26. The normalized spacial score (nSPS) is 11.1. The van der Waals surface area contributed by atoms with Crippen LogP contribution in [0, 0.1) is 0 Å². The fraction of sp³-hybridized carbons (Fsp3) is 0.143. The Labute approximate surface area is 107 Å². The highest BCUT2D eigenvalue weighted by Crippen LogP contribution is 2.09. The Morgan fingerprint density at radius 1 is 1.17 bits per heavy atom. The van der Waals surface area contributed by atoms with Crippen molar-refractivity contribution >= 4 is 11.9 Å². The zero-order valence-electron chi connectivity index (χ0n) is 10.6. The third kappa shape index (κ3) is 5.12. The van der Waals surface area contributed by atoms with Gasteiger partial charge in [-0.3, -0.25) is 4.79 Å². The van der Waals surface area contributed by atoms with E-state index in [1.807, 2.05) is 0 Å². The summed E-state index contributed by atoms with van der Waals surface area (Å²) >= 11 is 0. The number of allylic oxidation sites excluding steroid dienone is 4. The minimum Gasteiger partial charge on any atom is -0.478 e. The van der Waals surface area contributed by atoms with E-state index >= 15 is 0 Å². The number of carboxylic acids is 1. The predicted octanol–water partition coefficient (Wildman–Crippen LogP) is 2.34. The molecule has 0 atom stereocenters. The zero-order valence-corrected chi connectivity index (χ0v) is 10.6. The van der Waals surface area contributed by atoms with Crippen LogP contribution in [0.4, 0.5) is 0 Å². The first-order valence-electron chi connectivity index (χ1n) is 5.22. The van der Waals surface area contributed by atoms with Crippen molar-refractivity contribution in [3.05, 3.63) is 60.4 Å². The summed E-state index contributed by atoms with van der Waals surface area (Å²) < 4.78 is 0. The minimum absolute atomic E-state index is 0.116. The monoisotopic (exact) mass is 247 g/mol. The Kier molecular flexibility index (Phi) is 6.14. The highest BCUT2D eigenvalue weighted by atomic mass is 16.4. The summed E-state index contributed by atoms with van der Waals surface area (Å²) in [6.45, 7) is 14.0. The molecular weight excluding hydrogens is 230 g/mol. The fourth-order valence-corrected chi connectivity index (χ4v) is 1.05. The summed E-state index contributed by atoms with van der Waals surface area (Å²) in [5.41, 5.74) is 0.896. The highest BCUT2D eigenvalue weighted by molar-refractivity contribution is 6.08. The molecule has 0 aromatic carbocycles.